The minimum absolute atomic E-state index is 0.00550. The third kappa shape index (κ3) is 3.74. The van der Waals surface area contributed by atoms with Gasteiger partial charge in [-0.2, -0.15) is 0 Å². The first-order valence-electron chi connectivity index (χ1n) is 7.47. The van der Waals surface area contributed by atoms with Crippen LogP contribution in [-0.4, -0.2) is 19.3 Å². The Labute approximate surface area is 135 Å². The van der Waals surface area contributed by atoms with Crippen molar-refractivity contribution >= 4 is 5.91 Å². The molecule has 2 aromatic carbocycles. The third-order valence-corrected chi connectivity index (χ3v) is 3.62. The average molecular weight is 313 g/mol. The summed E-state index contributed by atoms with van der Waals surface area (Å²) in [4.78, 5) is 11.9. The summed E-state index contributed by atoms with van der Waals surface area (Å²) in [5.74, 6) is 2.01. The number of hydrogen-bond donors (Lipinski definition) is 1. The van der Waals surface area contributed by atoms with Gasteiger partial charge >= 0.3 is 0 Å². The number of ether oxygens (including phenoxy) is 3. The van der Waals surface area contributed by atoms with Gasteiger partial charge in [-0.25, -0.2) is 0 Å². The molecule has 0 atom stereocenters. The second-order valence-electron chi connectivity index (χ2n) is 5.52. The highest BCUT2D eigenvalue weighted by Gasteiger charge is 2.13. The van der Waals surface area contributed by atoms with Gasteiger partial charge < -0.3 is 19.5 Å². The molecule has 120 valence electrons. The van der Waals surface area contributed by atoms with Gasteiger partial charge in [0.25, 0.3) is 5.91 Å². The van der Waals surface area contributed by atoms with Gasteiger partial charge in [-0.3, -0.25) is 4.79 Å². The zero-order valence-corrected chi connectivity index (χ0v) is 13.2. The highest BCUT2D eigenvalue weighted by Crippen LogP contribution is 2.32. The van der Waals surface area contributed by atoms with Crippen molar-refractivity contribution in [1.82, 2.24) is 5.32 Å². The van der Waals surface area contributed by atoms with E-state index in [-0.39, 0.29) is 19.3 Å². The highest BCUT2D eigenvalue weighted by molar-refractivity contribution is 5.77. The van der Waals surface area contributed by atoms with Crippen molar-refractivity contribution in [2.45, 2.75) is 20.4 Å². The molecule has 2 aromatic rings. The maximum atomic E-state index is 11.9. The van der Waals surface area contributed by atoms with Crippen LogP contribution in [0.5, 0.6) is 17.2 Å². The summed E-state index contributed by atoms with van der Waals surface area (Å²) in [6.07, 6.45) is 0. The molecular formula is C18H19NO4. The molecule has 0 fully saturated rings. The van der Waals surface area contributed by atoms with Crippen molar-refractivity contribution in [3.8, 4) is 17.2 Å². The molecule has 0 aromatic heterocycles. The molecule has 23 heavy (non-hydrogen) atoms. The fourth-order valence-corrected chi connectivity index (χ4v) is 2.41. The fraction of sp³-hybridized carbons (Fsp3) is 0.278. The van der Waals surface area contributed by atoms with Crippen LogP contribution < -0.4 is 19.5 Å². The number of aryl methyl sites for hydroxylation is 2. The lowest BCUT2D eigenvalue weighted by atomic mass is 10.1. The monoisotopic (exact) mass is 313 g/mol. The molecule has 0 saturated heterocycles. The first-order chi connectivity index (χ1) is 11.1. The first kappa shape index (κ1) is 15.2. The van der Waals surface area contributed by atoms with Crippen LogP contribution in [0.1, 0.15) is 16.7 Å². The van der Waals surface area contributed by atoms with Crippen LogP contribution in [0.15, 0.2) is 36.4 Å². The molecule has 1 heterocycles. The predicted molar refractivity (Wildman–Crippen MR) is 85.8 cm³/mol. The lowest BCUT2D eigenvalue weighted by molar-refractivity contribution is -0.123. The van der Waals surface area contributed by atoms with Crippen LogP contribution >= 0.6 is 0 Å². The van der Waals surface area contributed by atoms with Crippen LogP contribution in [0.2, 0.25) is 0 Å². The van der Waals surface area contributed by atoms with Gasteiger partial charge in [0.05, 0.1) is 0 Å². The molecule has 1 amide bonds. The smallest absolute Gasteiger partial charge is 0.258 e. The second-order valence-corrected chi connectivity index (χ2v) is 5.52. The number of carbonyl (C=O) groups excluding carboxylic acids is 1. The minimum atomic E-state index is -0.164. The van der Waals surface area contributed by atoms with Gasteiger partial charge in [0.2, 0.25) is 6.79 Å². The van der Waals surface area contributed by atoms with Crippen LogP contribution in [0.3, 0.4) is 0 Å². The van der Waals surface area contributed by atoms with E-state index < -0.39 is 0 Å². The average Bonchev–Trinajstić information content (AvgIpc) is 2.99. The van der Waals surface area contributed by atoms with Crippen molar-refractivity contribution in [2.75, 3.05) is 13.4 Å². The maximum absolute atomic E-state index is 11.9. The summed E-state index contributed by atoms with van der Waals surface area (Å²) in [7, 11) is 0. The number of amides is 1. The van der Waals surface area contributed by atoms with Crippen LogP contribution in [0.4, 0.5) is 0 Å². The summed E-state index contributed by atoms with van der Waals surface area (Å²) in [6, 6.07) is 11.5. The maximum Gasteiger partial charge on any atom is 0.258 e. The van der Waals surface area contributed by atoms with E-state index >= 15 is 0 Å². The van der Waals surface area contributed by atoms with E-state index in [9.17, 15) is 4.79 Å². The van der Waals surface area contributed by atoms with E-state index in [1.54, 1.807) is 0 Å². The van der Waals surface area contributed by atoms with Gasteiger partial charge in [0.15, 0.2) is 18.1 Å². The summed E-state index contributed by atoms with van der Waals surface area (Å²) in [6.45, 7) is 4.65. The van der Waals surface area contributed by atoms with Crippen molar-refractivity contribution in [1.29, 1.82) is 0 Å². The Bertz CT molecular complexity index is 727. The summed E-state index contributed by atoms with van der Waals surface area (Å²) >= 11 is 0. The largest absolute Gasteiger partial charge is 0.484 e. The van der Waals surface area contributed by atoms with Gasteiger partial charge in [-0.1, -0.05) is 23.8 Å². The van der Waals surface area contributed by atoms with E-state index in [0.717, 1.165) is 22.6 Å². The Balaban J connectivity index is 1.50. The van der Waals surface area contributed by atoms with E-state index in [1.807, 2.05) is 50.2 Å². The summed E-state index contributed by atoms with van der Waals surface area (Å²) in [5, 5.41) is 2.83. The van der Waals surface area contributed by atoms with Gasteiger partial charge in [0.1, 0.15) is 5.75 Å². The quantitative estimate of drug-likeness (QED) is 0.922. The molecule has 5 nitrogen and oxygen atoms in total. The molecule has 0 unspecified atom stereocenters. The molecule has 1 aliphatic heterocycles. The zero-order chi connectivity index (χ0) is 16.2. The van der Waals surface area contributed by atoms with E-state index in [0.29, 0.717) is 12.3 Å². The molecule has 0 saturated carbocycles. The van der Waals surface area contributed by atoms with Gasteiger partial charge in [0, 0.05) is 6.54 Å². The second kappa shape index (κ2) is 6.60. The molecule has 1 N–H and O–H groups in total. The SMILES string of the molecule is Cc1ccc(OCC(=O)NCc2ccc3c(c2)OCO3)c(C)c1. The fourth-order valence-electron chi connectivity index (χ4n) is 2.41. The van der Waals surface area contributed by atoms with Crippen LogP contribution in [0, 0.1) is 13.8 Å². The van der Waals surface area contributed by atoms with Gasteiger partial charge in [-0.05, 0) is 43.2 Å². The number of carbonyl (C=O) groups is 1. The number of benzene rings is 2. The summed E-state index contributed by atoms with van der Waals surface area (Å²) < 4.78 is 16.1. The molecule has 0 bridgehead atoms. The predicted octanol–water partition coefficient (Wildman–Crippen LogP) is 2.73. The highest BCUT2D eigenvalue weighted by atomic mass is 16.7. The molecule has 0 spiro atoms. The zero-order valence-electron chi connectivity index (χ0n) is 13.2. The topological polar surface area (TPSA) is 56.8 Å². The molecule has 1 aliphatic rings. The van der Waals surface area contributed by atoms with Crippen molar-refractivity contribution in [3.05, 3.63) is 53.1 Å². The van der Waals surface area contributed by atoms with Crippen LogP contribution in [0.25, 0.3) is 0 Å². The minimum Gasteiger partial charge on any atom is -0.484 e. The Hall–Kier alpha value is -2.69. The first-order valence-corrected chi connectivity index (χ1v) is 7.47. The van der Waals surface area contributed by atoms with Gasteiger partial charge in [-0.15, -0.1) is 0 Å². The van der Waals surface area contributed by atoms with Crippen molar-refractivity contribution in [3.63, 3.8) is 0 Å². The number of rotatable bonds is 5. The van der Waals surface area contributed by atoms with Crippen molar-refractivity contribution in [2.24, 2.45) is 0 Å². The summed E-state index contributed by atoms with van der Waals surface area (Å²) in [5.41, 5.74) is 3.14. The van der Waals surface area contributed by atoms with E-state index in [1.165, 1.54) is 5.56 Å². The number of hydrogen-bond acceptors (Lipinski definition) is 4. The lowest BCUT2D eigenvalue weighted by Gasteiger charge is -2.10. The van der Waals surface area contributed by atoms with Crippen molar-refractivity contribution < 1.29 is 19.0 Å². The number of fused-ring (bicyclic) bond motifs is 1. The molecule has 3 rings (SSSR count). The molecule has 5 heteroatoms. The normalized spacial score (nSPS) is 12.1. The standard InChI is InChI=1S/C18H19NO4/c1-12-3-5-15(13(2)7-12)21-10-18(20)19-9-14-4-6-16-17(8-14)23-11-22-16/h3-8H,9-11H2,1-2H3,(H,19,20). The number of nitrogens with one attached hydrogen (secondary N) is 1. The van der Waals surface area contributed by atoms with Crippen LogP contribution in [-0.2, 0) is 11.3 Å². The Morgan fingerprint density at radius 1 is 1.13 bits per heavy atom. The Morgan fingerprint density at radius 2 is 1.96 bits per heavy atom. The Morgan fingerprint density at radius 3 is 2.78 bits per heavy atom. The molecular weight excluding hydrogens is 294 g/mol. The van der Waals surface area contributed by atoms with E-state index in [4.69, 9.17) is 14.2 Å². The lowest BCUT2D eigenvalue weighted by Crippen LogP contribution is -2.28. The molecule has 0 radical (unpaired) electrons. The molecule has 0 aliphatic carbocycles. The Kier molecular flexibility index (Phi) is 4.37. The van der Waals surface area contributed by atoms with E-state index in [2.05, 4.69) is 5.32 Å². The third-order valence-electron chi connectivity index (χ3n) is 3.62.